The van der Waals surface area contributed by atoms with Gasteiger partial charge in [-0.2, -0.15) is 0 Å². The molecule has 4 nitrogen and oxygen atoms in total. The fourth-order valence-corrected chi connectivity index (χ4v) is 3.42. The third kappa shape index (κ3) is 2.24. The molecule has 6 heteroatoms. The minimum Gasteiger partial charge on any atom is -0.464 e. The highest BCUT2D eigenvalue weighted by Gasteiger charge is 2.50. The molecule has 2 rings (SSSR count). The van der Waals surface area contributed by atoms with Gasteiger partial charge in [-0.05, 0) is 19.1 Å². The van der Waals surface area contributed by atoms with Crippen LogP contribution in [0.4, 0.5) is 0 Å². The molecule has 1 fully saturated rings. The van der Waals surface area contributed by atoms with E-state index in [0.29, 0.717) is 10.9 Å². The zero-order valence-electron chi connectivity index (χ0n) is 10.2. The molecule has 2 unspecified atom stereocenters. The Hall–Kier alpha value is -1.07. The van der Waals surface area contributed by atoms with E-state index in [1.165, 1.54) is 11.3 Å². The summed E-state index contributed by atoms with van der Waals surface area (Å²) in [7, 11) is 0. The summed E-state index contributed by atoms with van der Waals surface area (Å²) in [4.78, 5) is 24.5. The summed E-state index contributed by atoms with van der Waals surface area (Å²) in [5, 5.41) is 2.69. The predicted molar refractivity (Wildman–Crippen MR) is 69.9 cm³/mol. The van der Waals surface area contributed by atoms with Crippen LogP contribution in [-0.4, -0.2) is 24.5 Å². The molecule has 1 aliphatic heterocycles. The number of carbonyl (C=O) groups excluding carboxylic acids is 2. The van der Waals surface area contributed by atoms with Crippen LogP contribution in [0.1, 0.15) is 25.1 Å². The van der Waals surface area contributed by atoms with Gasteiger partial charge in [-0.25, -0.2) is 4.79 Å². The highest BCUT2D eigenvalue weighted by Crippen LogP contribution is 2.41. The lowest BCUT2D eigenvalue weighted by Gasteiger charge is -2.27. The van der Waals surface area contributed by atoms with E-state index in [4.69, 9.17) is 16.3 Å². The Morgan fingerprint density at radius 3 is 2.94 bits per heavy atom. The summed E-state index contributed by atoms with van der Waals surface area (Å²) >= 11 is 7.31. The van der Waals surface area contributed by atoms with Crippen molar-refractivity contribution in [2.75, 3.05) is 6.61 Å². The largest absolute Gasteiger partial charge is 0.464 e. The van der Waals surface area contributed by atoms with E-state index in [1.54, 1.807) is 13.0 Å². The zero-order chi connectivity index (χ0) is 13.3. The van der Waals surface area contributed by atoms with Gasteiger partial charge in [0.05, 0.1) is 10.9 Å². The number of thiophene rings is 1. The highest BCUT2D eigenvalue weighted by atomic mass is 35.5. The summed E-state index contributed by atoms with van der Waals surface area (Å²) in [6.45, 7) is 3.93. The second-order valence-electron chi connectivity index (χ2n) is 4.45. The van der Waals surface area contributed by atoms with Crippen LogP contribution in [0.2, 0.25) is 4.34 Å². The van der Waals surface area contributed by atoms with Crippen LogP contribution in [0.25, 0.3) is 0 Å². The third-order valence-electron chi connectivity index (χ3n) is 3.13. The molecule has 1 saturated heterocycles. The summed E-state index contributed by atoms with van der Waals surface area (Å²) in [5.41, 5.74) is -0.582. The minimum absolute atomic E-state index is 0.139. The van der Waals surface area contributed by atoms with Crippen molar-refractivity contribution in [1.29, 1.82) is 0 Å². The smallest absolute Gasteiger partial charge is 0.329 e. The van der Waals surface area contributed by atoms with Crippen molar-refractivity contribution >= 4 is 34.8 Å². The molecular weight excluding hydrogens is 274 g/mol. The van der Waals surface area contributed by atoms with Crippen molar-refractivity contribution in [3.8, 4) is 0 Å². The van der Waals surface area contributed by atoms with E-state index >= 15 is 0 Å². The molecule has 0 aliphatic carbocycles. The number of hydrogen-bond acceptors (Lipinski definition) is 4. The van der Waals surface area contributed by atoms with Gasteiger partial charge in [-0.1, -0.05) is 18.5 Å². The van der Waals surface area contributed by atoms with Crippen molar-refractivity contribution in [2.45, 2.75) is 31.7 Å². The molecular formula is C12H14ClNO3S. The number of amides is 1. The van der Waals surface area contributed by atoms with Gasteiger partial charge in [0.1, 0.15) is 6.04 Å². The molecule has 98 valence electrons. The Kier molecular flexibility index (Phi) is 3.64. The lowest BCUT2D eigenvalue weighted by Crippen LogP contribution is -2.45. The van der Waals surface area contributed by atoms with Gasteiger partial charge in [0, 0.05) is 16.7 Å². The zero-order valence-corrected chi connectivity index (χ0v) is 11.7. The first-order valence-corrected chi connectivity index (χ1v) is 6.88. The molecule has 0 saturated carbocycles. The Bertz CT molecular complexity index is 487. The standard InChI is InChI=1S/C12H14ClNO3S/c1-3-17-11(16)10-12(2,6-9(15)14-10)7-4-5-8(13)18-7/h4-5,10H,3,6H2,1-2H3,(H,14,15). The Morgan fingerprint density at radius 1 is 1.67 bits per heavy atom. The molecule has 18 heavy (non-hydrogen) atoms. The van der Waals surface area contributed by atoms with Gasteiger partial charge in [-0.3, -0.25) is 4.79 Å². The molecule has 0 bridgehead atoms. The molecule has 2 heterocycles. The molecule has 1 aromatic rings. The number of carbonyl (C=O) groups is 2. The molecule has 1 amide bonds. The molecule has 1 N–H and O–H groups in total. The van der Waals surface area contributed by atoms with E-state index in [-0.39, 0.29) is 12.3 Å². The van der Waals surface area contributed by atoms with Crippen LogP contribution >= 0.6 is 22.9 Å². The summed E-state index contributed by atoms with van der Waals surface area (Å²) in [5.74, 6) is -0.532. The number of esters is 1. The van der Waals surface area contributed by atoms with Crippen LogP contribution in [0.15, 0.2) is 12.1 Å². The average molecular weight is 288 g/mol. The maximum Gasteiger partial charge on any atom is 0.329 e. The van der Waals surface area contributed by atoms with Crippen LogP contribution in [-0.2, 0) is 19.7 Å². The normalized spacial score (nSPS) is 27.1. The third-order valence-corrected chi connectivity index (χ3v) is 4.64. The molecule has 0 radical (unpaired) electrons. The molecule has 1 aromatic heterocycles. The highest BCUT2D eigenvalue weighted by molar-refractivity contribution is 7.16. The number of ether oxygens (including phenoxy) is 1. The van der Waals surface area contributed by atoms with Gasteiger partial charge < -0.3 is 10.1 Å². The predicted octanol–water partition coefficient (Wildman–Crippen LogP) is 2.11. The quantitative estimate of drug-likeness (QED) is 0.866. The van der Waals surface area contributed by atoms with E-state index in [2.05, 4.69) is 5.32 Å². The van der Waals surface area contributed by atoms with Gasteiger partial charge in [-0.15, -0.1) is 11.3 Å². The summed E-state index contributed by atoms with van der Waals surface area (Å²) < 4.78 is 5.66. The molecule has 2 atom stereocenters. The first-order chi connectivity index (χ1) is 8.47. The Morgan fingerprint density at radius 2 is 2.39 bits per heavy atom. The monoisotopic (exact) mass is 287 g/mol. The summed E-state index contributed by atoms with van der Waals surface area (Å²) in [6.07, 6.45) is 0.271. The summed E-state index contributed by atoms with van der Waals surface area (Å²) in [6, 6.07) is 3.00. The van der Waals surface area contributed by atoms with Crippen molar-refractivity contribution < 1.29 is 14.3 Å². The van der Waals surface area contributed by atoms with E-state index < -0.39 is 17.4 Å². The maximum atomic E-state index is 11.9. The van der Waals surface area contributed by atoms with E-state index in [1.807, 2.05) is 13.0 Å². The van der Waals surface area contributed by atoms with Crippen LogP contribution in [0.3, 0.4) is 0 Å². The van der Waals surface area contributed by atoms with Crippen molar-refractivity contribution in [1.82, 2.24) is 5.32 Å². The van der Waals surface area contributed by atoms with Gasteiger partial charge in [0.2, 0.25) is 5.91 Å². The van der Waals surface area contributed by atoms with Crippen LogP contribution in [0.5, 0.6) is 0 Å². The lowest BCUT2D eigenvalue weighted by atomic mass is 9.81. The Labute approximate surface area is 114 Å². The van der Waals surface area contributed by atoms with E-state index in [9.17, 15) is 9.59 Å². The fraction of sp³-hybridized carbons (Fsp3) is 0.500. The SMILES string of the molecule is CCOC(=O)C1NC(=O)CC1(C)c1ccc(Cl)s1. The number of nitrogens with one attached hydrogen (secondary N) is 1. The number of rotatable bonds is 3. The molecule has 0 aromatic carbocycles. The topological polar surface area (TPSA) is 55.4 Å². The second kappa shape index (κ2) is 4.90. The van der Waals surface area contributed by atoms with Crippen LogP contribution in [0, 0.1) is 0 Å². The van der Waals surface area contributed by atoms with Gasteiger partial charge in [0.25, 0.3) is 0 Å². The van der Waals surface area contributed by atoms with Crippen molar-refractivity contribution in [3.63, 3.8) is 0 Å². The molecule has 1 aliphatic rings. The molecule has 0 spiro atoms. The number of halogens is 1. The number of hydrogen-bond donors (Lipinski definition) is 1. The second-order valence-corrected chi connectivity index (χ2v) is 6.17. The minimum atomic E-state index is -0.639. The van der Waals surface area contributed by atoms with Crippen LogP contribution < -0.4 is 5.32 Å². The van der Waals surface area contributed by atoms with Gasteiger partial charge >= 0.3 is 5.97 Å². The van der Waals surface area contributed by atoms with Gasteiger partial charge in [0.15, 0.2) is 0 Å². The maximum absolute atomic E-state index is 11.9. The van der Waals surface area contributed by atoms with E-state index in [0.717, 1.165) is 4.88 Å². The Balaban J connectivity index is 2.33. The first kappa shape index (κ1) is 13.4. The average Bonchev–Trinajstić information content (AvgIpc) is 2.84. The van der Waals surface area contributed by atoms with Crippen molar-refractivity contribution in [2.24, 2.45) is 0 Å². The fourth-order valence-electron chi connectivity index (χ4n) is 2.20. The van der Waals surface area contributed by atoms with Crippen molar-refractivity contribution in [3.05, 3.63) is 21.3 Å². The first-order valence-electron chi connectivity index (χ1n) is 5.69. The lowest BCUT2D eigenvalue weighted by molar-refractivity contribution is -0.147.